The van der Waals surface area contributed by atoms with Crippen LogP contribution in [0.3, 0.4) is 0 Å². The quantitative estimate of drug-likeness (QED) is 0.770. The molecule has 2 aliphatic heterocycles. The number of carbonyl (C=O) groups is 1. The van der Waals surface area contributed by atoms with Gasteiger partial charge < -0.3 is 10.6 Å². The Kier molecular flexibility index (Phi) is 2.46. The van der Waals surface area contributed by atoms with E-state index in [-0.39, 0.29) is 5.92 Å². The Morgan fingerprint density at radius 1 is 1.19 bits per heavy atom. The zero-order valence-electron chi connectivity index (χ0n) is 10.1. The molecule has 0 aromatic carbocycles. The van der Waals surface area contributed by atoms with Crippen LogP contribution in [0.1, 0.15) is 45.4 Å². The molecular weight excluding hydrogens is 200 g/mol. The Labute approximate surface area is 97.4 Å². The van der Waals surface area contributed by atoms with Gasteiger partial charge >= 0.3 is 0 Å². The van der Waals surface area contributed by atoms with Gasteiger partial charge in [-0.1, -0.05) is 6.92 Å². The lowest BCUT2D eigenvalue weighted by molar-refractivity contribution is -0.140. The molecular formula is C13H22N2O. The van der Waals surface area contributed by atoms with E-state index in [0.717, 1.165) is 12.8 Å². The van der Waals surface area contributed by atoms with Crippen molar-refractivity contribution in [3.8, 4) is 0 Å². The number of carbonyl (C=O) groups excluding carboxylic acids is 1. The van der Waals surface area contributed by atoms with Gasteiger partial charge in [0.1, 0.15) is 0 Å². The minimum absolute atomic E-state index is 0.262. The van der Waals surface area contributed by atoms with Gasteiger partial charge in [-0.3, -0.25) is 4.79 Å². The van der Waals surface area contributed by atoms with Crippen LogP contribution < -0.4 is 5.73 Å². The van der Waals surface area contributed by atoms with E-state index in [2.05, 4.69) is 11.8 Å². The normalized spacial score (nSPS) is 39.9. The van der Waals surface area contributed by atoms with Crippen molar-refractivity contribution >= 4 is 5.91 Å². The fourth-order valence-corrected chi connectivity index (χ4v) is 3.61. The number of amides is 1. The molecule has 3 aliphatic rings. The first kappa shape index (κ1) is 10.6. The first-order valence-corrected chi connectivity index (χ1v) is 6.74. The lowest BCUT2D eigenvalue weighted by Crippen LogP contribution is -2.51. The van der Waals surface area contributed by atoms with Gasteiger partial charge in [-0.2, -0.15) is 0 Å². The minimum atomic E-state index is 0.262. The van der Waals surface area contributed by atoms with Gasteiger partial charge in [0.05, 0.1) is 0 Å². The van der Waals surface area contributed by atoms with Crippen molar-refractivity contribution in [2.24, 2.45) is 17.6 Å². The van der Waals surface area contributed by atoms with Crippen LogP contribution in [0.5, 0.6) is 0 Å². The number of fused-ring (bicyclic) bond motifs is 2. The average molecular weight is 222 g/mol. The number of nitrogens with two attached hydrogens (primary N) is 1. The van der Waals surface area contributed by atoms with Crippen LogP contribution in [0.15, 0.2) is 0 Å². The predicted octanol–water partition coefficient (Wildman–Crippen LogP) is 1.51. The van der Waals surface area contributed by atoms with Gasteiger partial charge in [0.15, 0.2) is 0 Å². The Morgan fingerprint density at radius 2 is 1.75 bits per heavy atom. The molecule has 0 spiro atoms. The molecule has 2 heterocycles. The van der Waals surface area contributed by atoms with Gasteiger partial charge in [0.2, 0.25) is 5.91 Å². The van der Waals surface area contributed by atoms with Crippen molar-refractivity contribution in [1.82, 2.24) is 4.90 Å². The van der Waals surface area contributed by atoms with Crippen molar-refractivity contribution in [3.05, 3.63) is 0 Å². The fraction of sp³-hybridized carbons (Fsp3) is 0.923. The van der Waals surface area contributed by atoms with Crippen LogP contribution in [-0.4, -0.2) is 28.9 Å². The second-order valence-corrected chi connectivity index (χ2v) is 5.99. The molecule has 1 aliphatic carbocycles. The first-order valence-electron chi connectivity index (χ1n) is 6.74. The summed E-state index contributed by atoms with van der Waals surface area (Å²) in [5.74, 6) is 1.36. The molecule has 3 unspecified atom stereocenters. The molecule has 2 bridgehead atoms. The van der Waals surface area contributed by atoms with Gasteiger partial charge in [-0.05, 0) is 44.4 Å². The molecule has 2 saturated heterocycles. The number of hydrogen-bond acceptors (Lipinski definition) is 2. The zero-order valence-corrected chi connectivity index (χ0v) is 10.1. The van der Waals surface area contributed by atoms with E-state index in [1.54, 1.807) is 0 Å². The van der Waals surface area contributed by atoms with Gasteiger partial charge in [0, 0.05) is 24.0 Å². The highest BCUT2D eigenvalue weighted by molar-refractivity contribution is 5.80. The molecule has 0 aromatic rings. The summed E-state index contributed by atoms with van der Waals surface area (Å²) in [6, 6.07) is 1.25. The molecule has 3 rings (SSSR count). The topological polar surface area (TPSA) is 46.3 Å². The van der Waals surface area contributed by atoms with Crippen molar-refractivity contribution in [2.45, 2.75) is 63.6 Å². The molecule has 3 nitrogen and oxygen atoms in total. The number of rotatable bonds is 2. The Hall–Kier alpha value is -0.570. The van der Waals surface area contributed by atoms with Gasteiger partial charge in [-0.15, -0.1) is 0 Å². The summed E-state index contributed by atoms with van der Waals surface area (Å²) >= 11 is 0. The summed E-state index contributed by atoms with van der Waals surface area (Å²) in [5, 5.41) is 0. The third-order valence-electron chi connectivity index (χ3n) is 4.74. The van der Waals surface area contributed by atoms with Crippen LogP contribution in [0.4, 0.5) is 0 Å². The Morgan fingerprint density at radius 3 is 2.25 bits per heavy atom. The van der Waals surface area contributed by atoms with Crippen molar-refractivity contribution in [1.29, 1.82) is 0 Å². The monoisotopic (exact) mass is 222 g/mol. The van der Waals surface area contributed by atoms with Crippen LogP contribution >= 0.6 is 0 Å². The molecule has 2 N–H and O–H groups in total. The fourth-order valence-electron chi connectivity index (χ4n) is 3.61. The minimum Gasteiger partial charge on any atom is -0.336 e. The lowest BCUT2D eigenvalue weighted by Gasteiger charge is -2.39. The third kappa shape index (κ3) is 1.65. The summed E-state index contributed by atoms with van der Waals surface area (Å²) in [6.07, 6.45) is 6.94. The summed E-state index contributed by atoms with van der Waals surface area (Å²) in [6.45, 7) is 2.12. The van der Waals surface area contributed by atoms with Crippen LogP contribution in [-0.2, 0) is 4.79 Å². The van der Waals surface area contributed by atoms with E-state index in [4.69, 9.17) is 5.73 Å². The van der Waals surface area contributed by atoms with E-state index in [1.165, 1.54) is 25.7 Å². The van der Waals surface area contributed by atoms with Crippen molar-refractivity contribution in [3.63, 3.8) is 0 Å². The van der Waals surface area contributed by atoms with E-state index < -0.39 is 0 Å². The molecule has 0 radical (unpaired) electrons. The molecule has 90 valence electrons. The molecule has 1 saturated carbocycles. The lowest BCUT2D eigenvalue weighted by atomic mass is 9.95. The smallest absolute Gasteiger partial charge is 0.226 e. The van der Waals surface area contributed by atoms with Crippen molar-refractivity contribution < 1.29 is 4.79 Å². The maximum Gasteiger partial charge on any atom is 0.226 e. The standard InChI is InChI=1S/C13H22N2O/c1-8(9-2-3-9)13(16)15-11-4-5-12(15)7-10(14)6-11/h8-12H,2-7,14H2,1H3. The molecule has 3 atom stereocenters. The summed E-state index contributed by atoms with van der Waals surface area (Å²) in [7, 11) is 0. The largest absolute Gasteiger partial charge is 0.336 e. The van der Waals surface area contributed by atoms with Crippen molar-refractivity contribution in [2.75, 3.05) is 0 Å². The summed E-state index contributed by atoms with van der Waals surface area (Å²) in [5.41, 5.74) is 6.03. The zero-order chi connectivity index (χ0) is 11.3. The van der Waals surface area contributed by atoms with E-state index in [0.29, 0.717) is 30.0 Å². The molecule has 1 amide bonds. The number of hydrogen-bond donors (Lipinski definition) is 1. The average Bonchev–Trinajstić information content (AvgIpc) is 3.04. The highest BCUT2D eigenvalue weighted by Crippen LogP contribution is 2.41. The van der Waals surface area contributed by atoms with Crippen LogP contribution in [0.2, 0.25) is 0 Å². The first-order chi connectivity index (χ1) is 7.66. The van der Waals surface area contributed by atoms with E-state index >= 15 is 0 Å². The Bertz CT molecular complexity index is 286. The van der Waals surface area contributed by atoms with Crippen LogP contribution in [0, 0.1) is 11.8 Å². The van der Waals surface area contributed by atoms with Gasteiger partial charge in [0.25, 0.3) is 0 Å². The maximum atomic E-state index is 12.4. The molecule has 0 aromatic heterocycles. The maximum absolute atomic E-state index is 12.4. The summed E-state index contributed by atoms with van der Waals surface area (Å²) in [4.78, 5) is 14.6. The SMILES string of the molecule is CC(C(=O)N1C2CCC1CC(N)C2)C1CC1. The number of piperidine rings is 1. The second-order valence-electron chi connectivity index (χ2n) is 5.99. The van der Waals surface area contributed by atoms with Gasteiger partial charge in [-0.25, -0.2) is 0 Å². The number of nitrogens with zero attached hydrogens (tertiary/aromatic N) is 1. The summed E-state index contributed by atoms with van der Waals surface area (Å²) < 4.78 is 0. The third-order valence-corrected chi connectivity index (χ3v) is 4.74. The molecule has 3 fully saturated rings. The highest BCUT2D eigenvalue weighted by Gasteiger charge is 2.45. The highest BCUT2D eigenvalue weighted by atomic mass is 16.2. The van der Waals surface area contributed by atoms with Crippen LogP contribution in [0.25, 0.3) is 0 Å². The Balaban J connectivity index is 1.72. The molecule has 16 heavy (non-hydrogen) atoms. The molecule has 3 heteroatoms. The predicted molar refractivity (Wildman–Crippen MR) is 62.8 cm³/mol. The van der Waals surface area contributed by atoms with E-state index in [9.17, 15) is 4.79 Å². The second kappa shape index (κ2) is 3.73. The van der Waals surface area contributed by atoms with E-state index in [1.807, 2.05) is 0 Å².